The third-order valence-corrected chi connectivity index (χ3v) is 7.44. The van der Waals surface area contributed by atoms with Crippen LogP contribution in [0.25, 0.3) is 11.1 Å². The Kier molecular flexibility index (Phi) is 8.47. The number of carboxylic acids is 1. The summed E-state index contributed by atoms with van der Waals surface area (Å²) in [5.74, 6) is -1.32. The molecule has 2 unspecified atom stereocenters. The van der Waals surface area contributed by atoms with Gasteiger partial charge in [0.1, 0.15) is 6.04 Å². The zero-order valence-electron chi connectivity index (χ0n) is 22.1. The molecule has 0 saturated heterocycles. The van der Waals surface area contributed by atoms with Crippen LogP contribution in [-0.4, -0.2) is 42.0 Å². The molecule has 2 atom stereocenters. The van der Waals surface area contributed by atoms with Crippen LogP contribution < -0.4 is 4.90 Å². The molecule has 0 aliphatic rings. The fraction of sp³-hybridized carbons (Fsp3) is 0.333. The minimum Gasteiger partial charge on any atom is -0.480 e. The van der Waals surface area contributed by atoms with E-state index in [9.17, 15) is 14.7 Å². The van der Waals surface area contributed by atoms with Crippen molar-refractivity contribution in [1.82, 2.24) is 4.90 Å². The van der Waals surface area contributed by atoms with E-state index in [0.29, 0.717) is 5.56 Å². The highest BCUT2D eigenvalue weighted by atomic mass is 35.5. The number of rotatable bonds is 8. The first kappa shape index (κ1) is 27.3. The van der Waals surface area contributed by atoms with E-state index in [1.54, 1.807) is 0 Å². The number of hydrogen-bond donors (Lipinski definition) is 1. The van der Waals surface area contributed by atoms with Gasteiger partial charge in [0.15, 0.2) is 0 Å². The maximum atomic E-state index is 13.1. The van der Waals surface area contributed by atoms with Crippen LogP contribution in [0.4, 0.5) is 5.69 Å². The van der Waals surface area contributed by atoms with Gasteiger partial charge in [-0.1, -0.05) is 54.9 Å². The molecule has 3 aromatic rings. The number of benzene rings is 3. The molecule has 3 rings (SSSR count). The van der Waals surface area contributed by atoms with Crippen molar-refractivity contribution in [3.63, 3.8) is 0 Å². The molecule has 3 aromatic carbocycles. The van der Waals surface area contributed by atoms with E-state index in [0.717, 1.165) is 44.9 Å². The first-order valence-corrected chi connectivity index (χ1v) is 12.5. The van der Waals surface area contributed by atoms with Gasteiger partial charge in [0.2, 0.25) is 0 Å². The van der Waals surface area contributed by atoms with Gasteiger partial charge in [0.05, 0.1) is 6.04 Å². The molecule has 0 fully saturated rings. The molecule has 6 heteroatoms. The number of aliphatic carboxylic acids is 1. The highest BCUT2D eigenvalue weighted by Gasteiger charge is 2.25. The summed E-state index contributed by atoms with van der Waals surface area (Å²) in [4.78, 5) is 28.0. The average Bonchev–Trinajstić information content (AvgIpc) is 2.85. The van der Waals surface area contributed by atoms with Crippen LogP contribution in [0.3, 0.4) is 0 Å². The first-order chi connectivity index (χ1) is 17.0. The standard InChI is InChI=1S/C30H35ClN2O3/c1-8-27(23-12-13-26(31)18(2)14-23)33(7)25-11-9-10-22(17-25)24-15-19(3)28(20(4)16-24)29(34)32(6)21(5)30(35)36/h9-17,21,27H,8H2,1-7H3,(H,35,36). The van der Waals surface area contributed by atoms with Gasteiger partial charge in [-0.2, -0.15) is 0 Å². The summed E-state index contributed by atoms with van der Waals surface area (Å²) in [5.41, 5.74) is 7.65. The minimum absolute atomic E-state index is 0.200. The second kappa shape index (κ2) is 11.2. The SMILES string of the molecule is CCC(c1ccc(Cl)c(C)c1)N(C)c1cccc(-c2cc(C)c(C(=O)N(C)C(C)C(=O)O)c(C)c2)c1. The Hall–Kier alpha value is -3.31. The predicted octanol–water partition coefficient (Wildman–Crippen LogP) is 7.06. The lowest BCUT2D eigenvalue weighted by atomic mass is 9.94. The Labute approximate surface area is 219 Å². The summed E-state index contributed by atoms with van der Waals surface area (Å²) >= 11 is 6.25. The normalized spacial score (nSPS) is 12.7. The van der Waals surface area contributed by atoms with Gasteiger partial charge in [0.25, 0.3) is 5.91 Å². The number of amides is 1. The third kappa shape index (κ3) is 5.57. The van der Waals surface area contributed by atoms with Crippen molar-refractivity contribution in [2.75, 3.05) is 19.0 Å². The van der Waals surface area contributed by atoms with Gasteiger partial charge in [0, 0.05) is 30.4 Å². The van der Waals surface area contributed by atoms with Crippen LogP contribution >= 0.6 is 11.6 Å². The summed E-state index contributed by atoms with van der Waals surface area (Å²) in [6.07, 6.45) is 0.944. The molecule has 0 radical (unpaired) electrons. The molecule has 0 saturated carbocycles. The van der Waals surface area contributed by atoms with Crippen molar-refractivity contribution >= 4 is 29.2 Å². The van der Waals surface area contributed by atoms with Gasteiger partial charge in [-0.05, 0) is 85.7 Å². The number of aryl methyl sites for hydroxylation is 3. The number of carbonyl (C=O) groups excluding carboxylic acids is 1. The van der Waals surface area contributed by atoms with Crippen molar-refractivity contribution in [3.8, 4) is 11.1 Å². The summed E-state index contributed by atoms with van der Waals surface area (Å²) in [6, 6.07) is 17.9. The molecule has 1 N–H and O–H groups in total. The molecule has 190 valence electrons. The number of halogens is 1. The van der Waals surface area contributed by atoms with E-state index in [4.69, 9.17) is 11.6 Å². The van der Waals surface area contributed by atoms with Crippen LogP contribution in [0.2, 0.25) is 5.02 Å². The molecule has 0 aliphatic carbocycles. The van der Waals surface area contributed by atoms with Crippen molar-refractivity contribution in [2.24, 2.45) is 0 Å². The number of likely N-dealkylation sites (N-methyl/N-ethyl adjacent to an activating group) is 1. The Morgan fingerprint density at radius 3 is 2.11 bits per heavy atom. The maximum absolute atomic E-state index is 13.1. The van der Waals surface area contributed by atoms with Crippen molar-refractivity contribution in [2.45, 2.75) is 53.1 Å². The third-order valence-electron chi connectivity index (χ3n) is 7.01. The Morgan fingerprint density at radius 1 is 0.917 bits per heavy atom. The Morgan fingerprint density at radius 2 is 1.56 bits per heavy atom. The molecular formula is C30H35ClN2O3. The summed E-state index contributed by atoms with van der Waals surface area (Å²) in [6.45, 7) is 9.51. The topological polar surface area (TPSA) is 60.9 Å². The number of anilines is 1. The molecule has 36 heavy (non-hydrogen) atoms. The minimum atomic E-state index is -1.03. The summed E-state index contributed by atoms with van der Waals surface area (Å²) in [5, 5.41) is 10.1. The molecule has 0 spiro atoms. The molecule has 0 aliphatic heterocycles. The van der Waals surface area contributed by atoms with Gasteiger partial charge in [-0.25, -0.2) is 4.79 Å². The number of carbonyl (C=O) groups is 2. The van der Waals surface area contributed by atoms with Gasteiger partial charge < -0.3 is 14.9 Å². The smallest absolute Gasteiger partial charge is 0.326 e. The van der Waals surface area contributed by atoms with E-state index < -0.39 is 12.0 Å². The zero-order valence-corrected chi connectivity index (χ0v) is 22.8. The predicted molar refractivity (Wildman–Crippen MR) is 148 cm³/mol. The number of nitrogens with zero attached hydrogens (tertiary/aromatic N) is 2. The largest absolute Gasteiger partial charge is 0.480 e. The van der Waals surface area contributed by atoms with Crippen molar-refractivity contribution in [3.05, 3.63) is 87.4 Å². The van der Waals surface area contributed by atoms with Gasteiger partial charge in [-0.3, -0.25) is 4.79 Å². The quantitative estimate of drug-likeness (QED) is 0.355. The highest BCUT2D eigenvalue weighted by molar-refractivity contribution is 6.31. The average molecular weight is 507 g/mol. The molecule has 0 bridgehead atoms. The molecule has 1 amide bonds. The maximum Gasteiger partial charge on any atom is 0.326 e. The van der Waals surface area contributed by atoms with E-state index >= 15 is 0 Å². The molecule has 0 heterocycles. The second-order valence-corrected chi connectivity index (χ2v) is 9.92. The fourth-order valence-electron chi connectivity index (χ4n) is 4.68. The van der Waals surface area contributed by atoms with Crippen LogP contribution in [0.5, 0.6) is 0 Å². The number of hydrogen-bond acceptors (Lipinski definition) is 3. The van der Waals surface area contributed by atoms with Crippen LogP contribution in [0, 0.1) is 20.8 Å². The summed E-state index contributed by atoms with van der Waals surface area (Å²) in [7, 11) is 3.63. The lowest BCUT2D eigenvalue weighted by molar-refractivity contribution is -0.141. The molecule has 5 nitrogen and oxygen atoms in total. The lowest BCUT2D eigenvalue weighted by Crippen LogP contribution is -2.40. The zero-order chi connectivity index (χ0) is 26.7. The van der Waals surface area contributed by atoms with Gasteiger partial charge >= 0.3 is 5.97 Å². The second-order valence-electron chi connectivity index (χ2n) is 9.51. The monoisotopic (exact) mass is 506 g/mol. The number of carboxylic acid groups (broad SMARTS) is 1. The molecule has 0 aromatic heterocycles. The fourth-order valence-corrected chi connectivity index (χ4v) is 4.80. The van der Waals surface area contributed by atoms with Crippen LogP contribution in [0.1, 0.15) is 58.9 Å². The van der Waals surface area contributed by atoms with E-state index in [1.165, 1.54) is 24.4 Å². The Balaban J connectivity index is 1.94. The molecular weight excluding hydrogens is 472 g/mol. The van der Waals surface area contributed by atoms with E-state index in [2.05, 4.69) is 49.2 Å². The van der Waals surface area contributed by atoms with E-state index in [-0.39, 0.29) is 11.9 Å². The van der Waals surface area contributed by atoms with Crippen LogP contribution in [0.15, 0.2) is 54.6 Å². The van der Waals surface area contributed by atoms with Crippen LogP contribution in [-0.2, 0) is 4.79 Å². The highest BCUT2D eigenvalue weighted by Crippen LogP contribution is 2.34. The first-order valence-electron chi connectivity index (χ1n) is 12.2. The lowest BCUT2D eigenvalue weighted by Gasteiger charge is -2.30. The van der Waals surface area contributed by atoms with Crippen molar-refractivity contribution in [1.29, 1.82) is 0 Å². The Bertz CT molecular complexity index is 1260. The van der Waals surface area contributed by atoms with Crippen molar-refractivity contribution < 1.29 is 14.7 Å². The van der Waals surface area contributed by atoms with Gasteiger partial charge in [-0.15, -0.1) is 0 Å². The summed E-state index contributed by atoms with van der Waals surface area (Å²) < 4.78 is 0. The van der Waals surface area contributed by atoms with E-state index in [1.807, 2.05) is 45.0 Å².